The summed E-state index contributed by atoms with van der Waals surface area (Å²) in [5.41, 5.74) is 2.37. The summed E-state index contributed by atoms with van der Waals surface area (Å²) in [5.74, 6) is 0.446. The van der Waals surface area contributed by atoms with Gasteiger partial charge in [0.15, 0.2) is 5.78 Å². The number of nitrogens with zero attached hydrogens (tertiary/aromatic N) is 1. The smallest absolute Gasteiger partial charge is 0.347 e. The number of halogens is 1. The van der Waals surface area contributed by atoms with Crippen LogP contribution in [0.5, 0.6) is 11.5 Å². The van der Waals surface area contributed by atoms with Gasteiger partial charge in [0.2, 0.25) is 0 Å². The molecule has 0 unspecified atom stereocenters. The highest BCUT2D eigenvalue weighted by Gasteiger charge is 2.26. The molecule has 0 heterocycles. The molecule has 0 fully saturated rings. The molecule has 0 aliphatic carbocycles. The van der Waals surface area contributed by atoms with Crippen molar-refractivity contribution in [2.75, 3.05) is 30.0 Å². The number of carbonyl (C=O) groups excluding carboxylic acids is 2. The number of carbonyl (C=O) groups is 2. The second-order valence-electron chi connectivity index (χ2n) is 7.29. The Hall–Kier alpha value is -2.09. The predicted octanol–water partition coefficient (Wildman–Crippen LogP) is 5.86. The van der Waals surface area contributed by atoms with Crippen molar-refractivity contribution in [3.63, 3.8) is 0 Å². The summed E-state index contributed by atoms with van der Waals surface area (Å²) in [6.45, 7) is 4.40. The minimum atomic E-state index is -0.487. The Kier molecular flexibility index (Phi) is 9.62. The number of alkyl halides is 1. The molecule has 0 aromatic heterocycles. The van der Waals surface area contributed by atoms with Crippen LogP contribution in [0, 0.1) is 6.92 Å². The molecule has 0 saturated carbocycles. The Bertz CT molecular complexity index is 865. The maximum absolute atomic E-state index is 13.1. The number of anilines is 1. The first kappa shape index (κ1) is 24.2. The zero-order valence-electron chi connectivity index (χ0n) is 18.2. The summed E-state index contributed by atoms with van der Waals surface area (Å²) in [4.78, 5) is 27.9. The van der Waals surface area contributed by atoms with Crippen molar-refractivity contribution in [1.82, 2.24) is 0 Å². The molecule has 0 atom stereocenters. The minimum absolute atomic E-state index is 0.0572. The van der Waals surface area contributed by atoms with E-state index in [1.165, 1.54) is 0 Å². The molecule has 2 rings (SSSR count). The van der Waals surface area contributed by atoms with Gasteiger partial charge in [0.05, 0.1) is 12.3 Å². The van der Waals surface area contributed by atoms with Crippen LogP contribution in [0.4, 0.5) is 5.69 Å². The average molecular weight is 523 g/mol. The van der Waals surface area contributed by atoms with E-state index in [1.54, 1.807) is 18.2 Å². The second-order valence-corrected chi connectivity index (χ2v) is 8.36. The van der Waals surface area contributed by atoms with Gasteiger partial charge < -0.3 is 14.4 Å². The molecule has 0 aliphatic rings. The average Bonchev–Trinajstić information content (AvgIpc) is 2.72. The lowest BCUT2D eigenvalue weighted by Gasteiger charge is -2.24. The highest BCUT2D eigenvalue weighted by molar-refractivity contribution is 14.1. The number of unbranched alkanes of at least 4 members (excludes halogenated alkanes) is 1. The van der Waals surface area contributed by atoms with Gasteiger partial charge in [-0.1, -0.05) is 54.1 Å². The summed E-state index contributed by atoms with van der Waals surface area (Å²) < 4.78 is 12.5. The Morgan fingerprint density at radius 2 is 1.80 bits per heavy atom. The van der Waals surface area contributed by atoms with Crippen molar-refractivity contribution >= 4 is 40.0 Å². The van der Waals surface area contributed by atoms with Crippen molar-refractivity contribution in [1.29, 1.82) is 0 Å². The van der Waals surface area contributed by atoms with E-state index >= 15 is 0 Å². The molecule has 0 aliphatic heterocycles. The van der Waals surface area contributed by atoms with Gasteiger partial charge in [0, 0.05) is 26.1 Å². The number of hydrogen-bond donors (Lipinski definition) is 0. The first-order chi connectivity index (χ1) is 14.4. The third-order valence-corrected chi connectivity index (χ3v) is 5.47. The van der Waals surface area contributed by atoms with Crippen LogP contribution in [0.15, 0.2) is 36.4 Å². The molecule has 2 aromatic rings. The number of ether oxygens (including phenoxy) is 2. The Balaban J connectivity index is 2.55. The number of para-hydroxylation sites is 1. The fourth-order valence-corrected chi connectivity index (χ4v) is 3.65. The number of benzene rings is 2. The van der Waals surface area contributed by atoms with Crippen molar-refractivity contribution < 1.29 is 19.1 Å². The van der Waals surface area contributed by atoms with Gasteiger partial charge >= 0.3 is 5.97 Å². The normalized spacial score (nSPS) is 10.6. The summed E-state index contributed by atoms with van der Waals surface area (Å²) in [5, 5.41) is 0. The topological polar surface area (TPSA) is 55.8 Å². The van der Waals surface area contributed by atoms with E-state index in [2.05, 4.69) is 29.5 Å². The van der Waals surface area contributed by atoms with Gasteiger partial charge in [-0.15, -0.1) is 0 Å². The number of Topliss-reactive ketones (excluding diaryl/α,β-unsaturated/α-hetero) is 1. The van der Waals surface area contributed by atoms with E-state index in [4.69, 9.17) is 9.47 Å². The summed E-state index contributed by atoms with van der Waals surface area (Å²) in [6, 6.07) is 10.7. The molecular weight excluding hydrogens is 493 g/mol. The second kappa shape index (κ2) is 11.9. The monoisotopic (exact) mass is 523 g/mol. The molecule has 6 heteroatoms. The zero-order chi connectivity index (χ0) is 22.1. The van der Waals surface area contributed by atoms with E-state index in [-0.39, 0.29) is 5.78 Å². The third kappa shape index (κ3) is 6.20. The van der Waals surface area contributed by atoms with Crippen LogP contribution in [0.25, 0.3) is 0 Å². The van der Waals surface area contributed by atoms with Crippen LogP contribution in [0.2, 0.25) is 0 Å². The van der Waals surface area contributed by atoms with E-state index in [0.717, 1.165) is 29.4 Å². The van der Waals surface area contributed by atoms with Crippen molar-refractivity contribution in [3.05, 3.63) is 53.1 Å². The Morgan fingerprint density at radius 3 is 2.40 bits per heavy atom. The molecule has 0 amide bonds. The first-order valence-electron chi connectivity index (χ1n) is 10.2. The SMILES string of the molecule is CCCCOc1cc(C(=O)CCCI)c(N(C)C)c(C)c1C(=O)Oc1ccccc1. The molecule has 0 N–H and O–H groups in total. The Morgan fingerprint density at radius 1 is 1.10 bits per heavy atom. The van der Waals surface area contributed by atoms with Crippen LogP contribution in [0.3, 0.4) is 0 Å². The van der Waals surface area contributed by atoms with E-state index < -0.39 is 5.97 Å². The van der Waals surface area contributed by atoms with E-state index in [9.17, 15) is 9.59 Å². The Labute approximate surface area is 192 Å². The lowest BCUT2D eigenvalue weighted by Crippen LogP contribution is -2.21. The number of ketones is 1. The molecule has 2 aromatic carbocycles. The van der Waals surface area contributed by atoms with Gasteiger partial charge in [0.1, 0.15) is 17.1 Å². The van der Waals surface area contributed by atoms with Crippen molar-refractivity contribution in [2.45, 2.75) is 39.5 Å². The highest BCUT2D eigenvalue weighted by Crippen LogP contribution is 2.36. The van der Waals surface area contributed by atoms with Gasteiger partial charge in [-0.25, -0.2) is 4.79 Å². The maximum Gasteiger partial charge on any atom is 0.347 e. The zero-order valence-corrected chi connectivity index (χ0v) is 20.3. The lowest BCUT2D eigenvalue weighted by atomic mass is 9.95. The highest BCUT2D eigenvalue weighted by atomic mass is 127. The van der Waals surface area contributed by atoms with Crippen LogP contribution in [-0.2, 0) is 0 Å². The van der Waals surface area contributed by atoms with Gasteiger partial charge in [-0.05, 0) is 48.0 Å². The lowest BCUT2D eigenvalue weighted by molar-refractivity contribution is 0.0728. The fourth-order valence-electron chi connectivity index (χ4n) is 3.27. The molecule has 0 spiro atoms. The molecule has 0 radical (unpaired) electrons. The quantitative estimate of drug-likeness (QED) is 0.0923. The predicted molar refractivity (Wildman–Crippen MR) is 130 cm³/mol. The number of hydrogen-bond acceptors (Lipinski definition) is 5. The van der Waals surface area contributed by atoms with Gasteiger partial charge in [-0.2, -0.15) is 0 Å². The van der Waals surface area contributed by atoms with E-state index in [0.29, 0.717) is 41.2 Å². The molecule has 5 nitrogen and oxygen atoms in total. The maximum atomic E-state index is 13.1. The molecular formula is C24H30INO4. The largest absolute Gasteiger partial charge is 0.493 e. The summed E-state index contributed by atoms with van der Waals surface area (Å²) in [7, 11) is 3.75. The van der Waals surface area contributed by atoms with E-state index in [1.807, 2.05) is 44.1 Å². The standard InChI is InChI=1S/C24H30INO4/c1-5-6-15-29-21-16-19(20(27)13-10-14-25)23(26(3)4)17(2)22(21)24(28)30-18-11-8-7-9-12-18/h7-9,11-12,16H,5-6,10,13-15H2,1-4H3. The van der Waals surface area contributed by atoms with Crippen LogP contribution < -0.4 is 14.4 Å². The molecule has 162 valence electrons. The van der Waals surface area contributed by atoms with Gasteiger partial charge in [0.25, 0.3) is 0 Å². The van der Waals surface area contributed by atoms with Gasteiger partial charge in [-0.3, -0.25) is 4.79 Å². The van der Waals surface area contributed by atoms with Crippen LogP contribution in [0.1, 0.15) is 58.9 Å². The summed E-state index contributed by atoms with van der Waals surface area (Å²) >= 11 is 2.27. The minimum Gasteiger partial charge on any atom is -0.493 e. The summed E-state index contributed by atoms with van der Waals surface area (Å²) in [6.07, 6.45) is 3.11. The van der Waals surface area contributed by atoms with Crippen LogP contribution in [-0.4, -0.2) is 36.9 Å². The molecule has 30 heavy (non-hydrogen) atoms. The fraction of sp³-hybridized carbons (Fsp3) is 0.417. The third-order valence-electron chi connectivity index (χ3n) is 4.71. The molecule has 0 bridgehead atoms. The van der Waals surface area contributed by atoms with Crippen molar-refractivity contribution in [2.24, 2.45) is 0 Å². The van der Waals surface area contributed by atoms with Crippen LogP contribution >= 0.6 is 22.6 Å². The molecule has 0 saturated heterocycles. The first-order valence-corrected chi connectivity index (χ1v) is 11.8. The van der Waals surface area contributed by atoms with Crippen molar-refractivity contribution in [3.8, 4) is 11.5 Å². The number of rotatable bonds is 11. The number of esters is 1.